The Labute approximate surface area is 125 Å². The fourth-order valence-electron chi connectivity index (χ4n) is 2.19. The first-order valence-electron chi connectivity index (χ1n) is 6.52. The highest BCUT2D eigenvalue weighted by molar-refractivity contribution is 5.50. The van der Waals surface area contributed by atoms with Crippen LogP contribution in [0.15, 0.2) is 36.4 Å². The molecule has 1 aliphatic rings. The Bertz CT molecular complexity index is 702. The third-order valence-corrected chi connectivity index (χ3v) is 3.19. The molecule has 0 fully saturated rings. The molecule has 2 aromatic rings. The molecular weight excluding hydrogens is 293 g/mol. The van der Waals surface area contributed by atoms with Gasteiger partial charge in [0.25, 0.3) is 5.69 Å². The van der Waals surface area contributed by atoms with Crippen molar-refractivity contribution >= 4 is 5.69 Å². The van der Waals surface area contributed by atoms with Gasteiger partial charge in [-0.3, -0.25) is 10.1 Å². The molecular formula is C15H12FNO5. The molecule has 0 radical (unpaired) electrons. The van der Waals surface area contributed by atoms with Crippen molar-refractivity contribution in [1.82, 2.24) is 0 Å². The van der Waals surface area contributed by atoms with Crippen LogP contribution in [0.25, 0.3) is 0 Å². The Kier molecular flexibility index (Phi) is 3.88. The molecule has 0 bridgehead atoms. The van der Waals surface area contributed by atoms with E-state index in [0.29, 0.717) is 22.6 Å². The van der Waals surface area contributed by atoms with Crippen LogP contribution >= 0.6 is 0 Å². The monoisotopic (exact) mass is 305 g/mol. The average molecular weight is 305 g/mol. The van der Waals surface area contributed by atoms with Crippen LogP contribution in [-0.2, 0) is 18.0 Å². The van der Waals surface area contributed by atoms with Gasteiger partial charge in [-0.15, -0.1) is 0 Å². The smallest absolute Gasteiger partial charge is 0.270 e. The van der Waals surface area contributed by atoms with Gasteiger partial charge in [-0.05, 0) is 24.3 Å². The maximum absolute atomic E-state index is 12.9. The molecule has 3 rings (SSSR count). The number of fused-ring (bicyclic) bond motifs is 1. The lowest BCUT2D eigenvalue weighted by Crippen LogP contribution is -2.14. The minimum Gasteiger partial charge on any atom is -0.489 e. The summed E-state index contributed by atoms with van der Waals surface area (Å²) >= 11 is 0. The second kappa shape index (κ2) is 5.98. The van der Waals surface area contributed by atoms with Gasteiger partial charge in [0.2, 0.25) is 0 Å². The third-order valence-electron chi connectivity index (χ3n) is 3.19. The van der Waals surface area contributed by atoms with Gasteiger partial charge >= 0.3 is 0 Å². The SMILES string of the molecule is O=[N+]([O-])c1cc2c(c(COc3ccc(F)cc3)c1)OCOC2. The first-order valence-corrected chi connectivity index (χ1v) is 6.52. The summed E-state index contributed by atoms with van der Waals surface area (Å²) in [5.41, 5.74) is 1.11. The van der Waals surface area contributed by atoms with E-state index in [4.69, 9.17) is 14.2 Å². The number of hydrogen-bond acceptors (Lipinski definition) is 5. The van der Waals surface area contributed by atoms with E-state index in [2.05, 4.69) is 0 Å². The minimum atomic E-state index is -0.476. The van der Waals surface area contributed by atoms with E-state index in [1.807, 2.05) is 0 Å². The van der Waals surface area contributed by atoms with Gasteiger partial charge in [0.05, 0.1) is 11.5 Å². The number of nitrogens with zero attached hydrogens (tertiary/aromatic N) is 1. The molecule has 0 aliphatic carbocycles. The Balaban J connectivity index is 1.86. The van der Waals surface area contributed by atoms with Gasteiger partial charge in [0, 0.05) is 23.3 Å². The van der Waals surface area contributed by atoms with E-state index >= 15 is 0 Å². The Morgan fingerprint density at radius 1 is 1.27 bits per heavy atom. The zero-order valence-electron chi connectivity index (χ0n) is 11.5. The summed E-state index contributed by atoms with van der Waals surface area (Å²) in [5, 5.41) is 11.0. The van der Waals surface area contributed by atoms with Crippen LogP contribution in [0.1, 0.15) is 11.1 Å². The molecule has 22 heavy (non-hydrogen) atoms. The Morgan fingerprint density at radius 3 is 2.77 bits per heavy atom. The van der Waals surface area contributed by atoms with Crippen molar-refractivity contribution in [3.05, 3.63) is 63.5 Å². The molecule has 0 atom stereocenters. The molecule has 0 spiro atoms. The van der Waals surface area contributed by atoms with Crippen LogP contribution in [-0.4, -0.2) is 11.7 Å². The highest BCUT2D eigenvalue weighted by atomic mass is 19.1. The zero-order valence-corrected chi connectivity index (χ0v) is 11.5. The van der Waals surface area contributed by atoms with Gasteiger partial charge < -0.3 is 14.2 Å². The number of rotatable bonds is 4. The molecule has 2 aromatic carbocycles. The first kappa shape index (κ1) is 14.3. The van der Waals surface area contributed by atoms with E-state index in [1.54, 1.807) is 0 Å². The zero-order chi connectivity index (χ0) is 15.5. The molecule has 7 heteroatoms. The largest absolute Gasteiger partial charge is 0.489 e. The Morgan fingerprint density at radius 2 is 2.05 bits per heavy atom. The van der Waals surface area contributed by atoms with Gasteiger partial charge in [-0.1, -0.05) is 0 Å². The molecule has 0 unspecified atom stereocenters. The molecule has 6 nitrogen and oxygen atoms in total. The third kappa shape index (κ3) is 2.99. The van der Waals surface area contributed by atoms with Crippen LogP contribution in [0.4, 0.5) is 10.1 Å². The van der Waals surface area contributed by atoms with E-state index < -0.39 is 4.92 Å². The lowest BCUT2D eigenvalue weighted by molar-refractivity contribution is -0.385. The summed E-state index contributed by atoms with van der Waals surface area (Å²) in [5.74, 6) is 0.647. The van der Waals surface area contributed by atoms with E-state index in [9.17, 15) is 14.5 Å². The van der Waals surface area contributed by atoms with Gasteiger partial charge in [0.1, 0.15) is 23.9 Å². The first-order chi connectivity index (χ1) is 10.6. The van der Waals surface area contributed by atoms with E-state index in [0.717, 1.165) is 0 Å². The van der Waals surface area contributed by atoms with Crippen LogP contribution in [0.3, 0.4) is 0 Å². The number of ether oxygens (including phenoxy) is 3. The predicted octanol–water partition coefficient (Wildman–Crippen LogP) is 3.18. The quantitative estimate of drug-likeness (QED) is 0.641. The summed E-state index contributed by atoms with van der Waals surface area (Å²) in [6.07, 6.45) is 0. The summed E-state index contributed by atoms with van der Waals surface area (Å²) in [6, 6.07) is 8.38. The topological polar surface area (TPSA) is 70.8 Å². The number of nitro benzene ring substituents is 1. The molecule has 114 valence electrons. The summed E-state index contributed by atoms with van der Waals surface area (Å²) < 4.78 is 28.9. The molecule has 0 saturated heterocycles. The van der Waals surface area contributed by atoms with Gasteiger partial charge in [0.15, 0.2) is 6.79 Å². The lowest BCUT2D eigenvalue weighted by atomic mass is 10.1. The lowest BCUT2D eigenvalue weighted by Gasteiger charge is -2.20. The minimum absolute atomic E-state index is 0.0504. The van der Waals surface area contributed by atoms with Crippen molar-refractivity contribution in [1.29, 1.82) is 0 Å². The standard InChI is InChI=1S/C15H12FNO5/c16-12-1-3-14(4-2-12)21-8-11-6-13(17(18)19)5-10-7-20-9-22-15(10)11/h1-6H,7-9H2. The van der Waals surface area contributed by atoms with Crippen molar-refractivity contribution in [3.8, 4) is 11.5 Å². The number of non-ortho nitro benzene ring substituents is 1. The van der Waals surface area contributed by atoms with E-state index in [1.165, 1.54) is 36.4 Å². The van der Waals surface area contributed by atoms with Crippen LogP contribution in [0.5, 0.6) is 11.5 Å². The Hall–Kier alpha value is -2.67. The average Bonchev–Trinajstić information content (AvgIpc) is 2.53. The summed E-state index contributed by atoms with van der Waals surface area (Å²) in [6.45, 7) is 0.421. The summed E-state index contributed by atoms with van der Waals surface area (Å²) in [4.78, 5) is 10.5. The normalized spacial score (nSPS) is 13.1. The molecule has 0 saturated carbocycles. The van der Waals surface area contributed by atoms with Gasteiger partial charge in [-0.2, -0.15) is 0 Å². The number of halogens is 1. The molecule has 1 heterocycles. The number of hydrogen-bond donors (Lipinski definition) is 0. The molecule has 1 aliphatic heterocycles. The molecule has 0 amide bonds. The van der Waals surface area contributed by atoms with Crippen LogP contribution < -0.4 is 9.47 Å². The van der Waals surface area contributed by atoms with Crippen LogP contribution in [0.2, 0.25) is 0 Å². The highest BCUT2D eigenvalue weighted by Gasteiger charge is 2.21. The number of benzene rings is 2. The van der Waals surface area contributed by atoms with Crippen molar-refractivity contribution in [2.75, 3.05) is 6.79 Å². The fourth-order valence-corrected chi connectivity index (χ4v) is 2.19. The van der Waals surface area contributed by atoms with Crippen molar-refractivity contribution < 1.29 is 23.5 Å². The maximum atomic E-state index is 12.9. The highest BCUT2D eigenvalue weighted by Crippen LogP contribution is 2.33. The molecule has 0 aromatic heterocycles. The second-order valence-corrected chi connectivity index (χ2v) is 4.70. The fraction of sp³-hybridized carbons (Fsp3) is 0.200. The summed E-state index contributed by atoms with van der Waals surface area (Å²) in [7, 11) is 0. The molecule has 0 N–H and O–H groups in total. The maximum Gasteiger partial charge on any atom is 0.270 e. The second-order valence-electron chi connectivity index (χ2n) is 4.70. The van der Waals surface area contributed by atoms with Crippen LogP contribution in [0, 0.1) is 15.9 Å². The van der Waals surface area contributed by atoms with Gasteiger partial charge in [-0.25, -0.2) is 4.39 Å². The predicted molar refractivity (Wildman–Crippen MR) is 74.1 cm³/mol. The van der Waals surface area contributed by atoms with E-state index in [-0.39, 0.29) is 31.5 Å². The van der Waals surface area contributed by atoms with Crippen molar-refractivity contribution in [3.63, 3.8) is 0 Å². The van der Waals surface area contributed by atoms with Crippen molar-refractivity contribution in [2.24, 2.45) is 0 Å². The number of nitro groups is 1. The van der Waals surface area contributed by atoms with Crippen molar-refractivity contribution in [2.45, 2.75) is 13.2 Å².